The molecule has 1 amide bonds. The third kappa shape index (κ3) is 2.87. The van der Waals surface area contributed by atoms with E-state index in [0.717, 1.165) is 21.1 Å². The topological polar surface area (TPSA) is 46.9 Å². The van der Waals surface area contributed by atoms with Crippen molar-refractivity contribution in [1.82, 2.24) is 9.55 Å². The Balaban J connectivity index is 1.67. The molecule has 0 unspecified atom stereocenters. The molecule has 0 fully saturated rings. The normalized spacial score (nSPS) is 11.6. The highest BCUT2D eigenvalue weighted by atomic mass is 35.5. The minimum absolute atomic E-state index is 0.192. The number of fused-ring (bicyclic) bond motifs is 2. The lowest BCUT2D eigenvalue weighted by atomic mass is 10.0. The average Bonchev–Trinajstić information content (AvgIpc) is 3.15. The number of aromatic nitrogens is 2. The van der Waals surface area contributed by atoms with Crippen molar-refractivity contribution in [3.05, 3.63) is 58.7 Å². The molecular formula is C20H18ClN3OS. The summed E-state index contributed by atoms with van der Waals surface area (Å²) in [4.78, 5) is 17.3. The number of hydrogen-bond donors (Lipinski definition) is 1. The van der Waals surface area contributed by atoms with Gasteiger partial charge in [-0.05, 0) is 41.8 Å². The lowest BCUT2D eigenvalue weighted by Gasteiger charge is -2.03. The molecule has 0 aliphatic heterocycles. The Labute approximate surface area is 160 Å². The van der Waals surface area contributed by atoms with Crippen molar-refractivity contribution in [2.24, 2.45) is 7.05 Å². The van der Waals surface area contributed by atoms with Gasteiger partial charge in [0.15, 0.2) is 5.13 Å². The SMILES string of the molecule is CC(C)c1ccc2nc(NC(=O)c3cc4c(Cl)cccc4n3C)sc2c1. The molecule has 4 rings (SSSR count). The summed E-state index contributed by atoms with van der Waals surface area (Å²) < 4.78 is 2.92. The van der Waals surface area contributed by atoms with Gasteiger partial charge in [0.1, 0.15) is 5.69 Å². The minimum Gasteiger partial charge on any atom is -0.340 e. The Hall–Kier alpha value is -2.37. The van der Waals surface area contributed by atoms with E-state index in [4.69, 9.17) is 11.6 Å². The number of carbonyl (C=O) groups excluding carboxylic acids is 1. The highest BCUT2D eigenvalue weighted by molar-refractivity contribution is 7.22. The monoisotopic (exact) mass is 383 g/mol. The molecule has 1 N–H and O–H groups in total. The molecule has 2 heterocycles. The summed E-state index contributed by atoms with van der Waals surface area (Å²) >= 11 is 7.73. The number of amides is 1. The number of thiazole rings is 1. The number of halogens is 1. The van der Waals surface area contributed by atoms with E-state index in [1.54, 1.807) is 0 Å². The lowest BCUT2D eigenvalue weighted by molar-refractivity contribution is 0.102. The molecular weight excluding hydrogens is 366 g/mol. The summed E-state index contributed by atoms with van der Waals surface area (Å²) in [6.07, 6.45) is 0. The van der Waals surface area contributed by atoms with Crippen LogP contribution in [-0.4, -0.2) is 15.5 Å². The molecule has 0 radical (unpaired) electrons. The summed E-state index contributed by atoms with van der Waals surface area (Å²) in [5, 5.41) is 5.03. The van der Waals surface area contributed by atoms with Crippen LogP contribution in [0.2, 0.25) is 5.02 Å². The van der Waals surface area contributed by atoms with Crippen molar-refractivity contribution in [1.29, 1.82) is 0 Å². The van der Waals surface area contributed by atoms with E-state index in [-0.39, 0.29) is 5.91 Å². The molecule has 4 aromatic rings. The number of benzene rings is 2. The largest absolute Gasteiger partial charge is 0.340 e. The zero-order valence-electron chi connectivity index (χ0n) is 14.7. The van der Waals surface area contributed by atoms with E-state index in [2.05, 4.69) is 36.3 Å². The van der Waals surface area contributed by atoms with E-state index in [1.165, 1.54) is 16.9 Å². The van der Waals surface area contributed by atoms with E-state index in [0.29, 0.717) is 21.8 Å². The second kappa shape index (κ2) is 6.41. The first-order valence-electron chi connectivity index (χ1n) is 8.40. The molecule has 2 aromatic carbocycles. The summed E-state index contributed by atoms with van der Waals surface area (Å²) in [6, 6.07) is 13.7. The maximum atomic E-state index is 12.8. The van der Waals surface area contributed by atoms with Crippen molar-refractivity contribution < 1.29 is 4.79 Å². The number of aryl methyl sites for hydroxylation is 1. The van der Waals surface area contributed by atoms with Gasteiger partial charge in [-0.2, -0.15) is 0 Å². The van der Waals surface area contributed by atoms with Gasteiger partial charge >= 0.3 is 0 Å². The Kier molecular flexibility index (Phi) is 4.21. The van der Waals surface area contributed by atoms with Crippen LogP contribution in [-0.2, 0) is 7.05 Å². The zero-order chi connectivity index (χ0) is 18.4. The summed E-state index contributed by atoms with van der Waals surface area (Å²) in [5.74, 6) is 0.267. The highest BCUT2D eigenvalue weighted by Gasteiger charge is 2.16. The molecule has 2 aromatic heterocycles. The van der Waals surface area contributed by atoms with Crippen LogP contribution in [0.25, 0.3) is 21.1 Å². The predicted octanol–water partition coefficient (Wildman–Crippen LogP) is 5.82. The Morgan fingerprint density at radius 2 is 2.04 bits per heavy atom. The number of hydrogen-bond acceptors (Lipinski definition) is 3. The van der Waals surface area contributed by atoms with Gasteiger partial charge in [-0.15, -0.1) is 0 Å². The van der Waals surface area contributed by atoms with Crippen LogP contribution in [0.3, 0.4) is 0 Å². The minimum atomic E-state index is -0.192. The van der Waals surface area contributed by atoms with Gasteiger partial charge in [0, 0.05) is 23.0 Å². The van der Waals surface area contributed by atoms with Crippen molar-refractivity contribution in [2.75, 3.05) is 5.32 Å². The van der Waals surface area contributed by atoms with E-state index in [1.807, 2.05) is 41.9 Å². The van der Waals surface area contributed by atoms with Crippen LogP contribution in [0.5, 0.6) is 0 Å². The fourth-order valence-electron chi connectivity index (χ4n) is 3.06. The molecule has 26 heavy (non-hydrogen) atoms. The molecule has 0 aliphatic carbocycles. The molecule has 0 spiro atoms. The van der Waals surface area contributed by atoms with Gasteiger partial charge in [-0.3, -0.25) is 10.1 Å². The van der Waals surface area contributed by atoms with Crippen molar-refractivity contribution in [2.45, 2.75) is 19.8 Å². The van der Waals surface area contributed by atoms with Crippen LogP contribution < -0.4 is 5.32 Å². The van der Waals surface area contributed by atoms with Crippen LogP contribution in [0.1, 0.15) is 35.8 Å². The molecule has 0 saturated carbocycles. The van der Waals surface area contributed by atoms with Gasteiger partial charge in [0.2, 0.25) is 0 Å². The molecule has 0 atom stereocenters. The second-order valence-corrected chi connectivity index (χ2v) is 8.05. The number of rotatable bonds is 3. The Bertz CT molecular complexity index is 1140. The first-order chi connectivity index (χ1) is 12.4. The van der Waals surface area contributed by atoms with Gasteiger partial charge in [-0.25, -0.2) is 4.98 Å². The second-order valence-electron chi connectivity index (χ2n) is 6.62. The molecule has 0 bridgehead atoms. The standard InChI is InChI=1S/C20H18ClN3OS/c1-11(2)12-7-8-15-18(9-12)26-20(22-15)23-19(25)17-10-13-14(21)5-4-6-16(13)24(17)3/h4-11H,1-3H3,(H,22,23,25). The number of carbonyl (C=O) groups is 1. The predicted molar refractivity (Wildman–Crippen MR) is 110 cm³/mol. The Morgan fingerprint density at radius 3 is 2.77 bits per heavy atom. The number of anilines is 1. The van der Waals surface area contributed by atoms with E-state index < -0.39 is 0 Å². The third-order valence-electron chi connectivity index (χ3n) is 4.57. The van der Waals surface area contributed by atoms with Crippen molar-refractivity contribution in [3.8, 4) is 0 Å². The van der Waals surface area contributed by atoms with Crippen LogP contribution in [0, 0.1) is 0 Å². The summed E-state index contributed by atoms with van der Waals surface area (Å²) in [7, 11) is 1.86. The molecule has 4 nitrogen and oxygen atoms in total. The van der Waals surface area contributed by atoms with Crippen LogP contribution in [0.4, 0.5) is 5.13 Å². The van der Waals surface area contributed by atoms with Crippen LogP contribution in [0.15, 0.2) is 42.5 Å². The number of nitrogens with one attached hydrogen (secondary N) is 1. The van der Waals surface area contributed by atoms with E-state index >= 15 is 0 Å². The number of nitrogens with zero attached hydrogens (tertiary/aromatic N) is 2. The molecule has 0 saturated heterocycles. The fraction of sp³-hybridized carbons (Fsp3) is 0.200. The van der Waals surface area contributed by atoms with Gasteiger partial charge in [0.25, 0.3) is 5.91 Å². The van der Waals surface area contributed by atoms with Gasteiger partial charge in [0.05, 0.1) is 10.2 Å². The maximum Gasteiger partial charge on any atom is 0.274 e. The molecule has 0 aliphatic rings. The first-order valence-corrected chi connectivity index (χ1v) is 9.59. The van der Waals surface area contributed by atoms with Gasteiger partial charge in [-0.1, -0.05) is 48.9 Å². The van der Waals surface area contributed by atoms with Crippen LogP contribution >= 0.6 is 22.9 Å². The summed E-state index contributed by atoms with van der Waals surface area (Å²) in [6.45, 7) is 4.33. The molecule has 6 heteroatoms. The third-order valence-corrected chi connectivity index (χ3v) is 5.83. The summed E-state index contributed by atoms with van der Waals surface area (Å²) in [5.41, 5.74) is 3.64. The Morgan fingerprint density at radius 1 is 1.23 bits per heavy atom. The van der Waals surface area contributed by atoms with Crippen molar-refractivity contribution in [3.63, 3.8) is 0 Å². The zero-order valence-corrected chi connectivity index (χ0v) is 16.3. The fourth-order valence-corrected chi connectivity index (χ4v) is 4.19. The first kappa shape index (κ1) is 17.1. The van der Waals surface area contributed by atoms with Crippen molar-refractivity contribution >= 4 is 55.1 Å². The lowest BCUT2D eigenvalue weighted by Crippen LogP contribution is -2.15. The van der Waals surface area contributed by atoms with E-state index in [9.17, 15) is 4.79 Å². The maximum absolute atomic E-state index is 12.8. The van der Waals surface area contributed by atoms with Gasteiger partial charge < -0.3 is 4.57 Å². The molecule has 132 valence electrons. The highest BCUT2D eigenvalue weighted by Crippen LogP contribution is 2.30. The smallest absolute Gasteiger partial charge is 0.274 e. The quantitative estimate of drug-likeness (QED) is 0.484. The average molecular weight is 384 g/mol.